The summed E-state index contributed by atoms with van der Waals surface area (Å²) < 4.78 is 12.1. The summed E-state index contributed by atoms with van der Waals surface area (Å²) in [6, 6.07) is 0. The van der Waals surface area contributed by atoms with E-state index < -0.39 is 6.17 Å². The molecule has 0 bridgehead atoms. The van der Waals surface area contributed by atoms with E-state index in [1.165, 1.54) is 19.3 Å². The fraction of sp³-hybridized carbons (Fsp3) is 1.00. The maximum Gasteiger partial charge on any atom is 0.0973 e. The second kappa shape index (κ2) is 6.06. The molecule has 0 rings (SSSR count). The molecule has 0 aromatic heterocycles. The molecule has 0 aliphatic rings. The third-order valence-electron chi connectivity index (χ3n) is 1.46. The van der Waals surface area contributed by atoms with Crippen LogP contribution in [0.3, 0.4) is 0 Å². The van der Waals surface area contributed by atoms with Gasteiger partial charge in [-0.15, -0.1) is 0 Å². The van der Waals surface area contributed by atoms with Gasteiger partial charge >= 0.3 is 0 Å². The standard InChI is InChI=1S/C8H17F/c1-3-4-5-6-7-8(2)9/h8H,3-7H2,1-2H3/t8-/m0/s1. The lowest BCUT2D eigenvalue weighted by molar-refractivity contribution is 0.330. The molecule has 9 heavy (non-hydrogen) atoms. The average molecular weight is 132 g/mol. The summed E-state index contributed by atoms with van der Waals surface area (Å²) in [6.45, 7) is 3.80. The minimum absolute atomic E-state index is 0.596. The van der Waals surface area contributed by atoms with Gasteiger partial charge in [-0.25, -0.2) is 4.39 Å². The second-order valence-electron chi connectivity index (χ2n) is 2.63. The average Bonchev–Trinajstić information content (AvgIpc) is 1.80. The van der Waals surface area contributed by atoms with Gasteiger partial charge < -0.3 is 0 Å². The molecule has 0 saturated heterocycles. The molecule has 0 heterocycles. The van der Waals surface area contributed by atoms with E-state index in [0.29, 0.717) is 0 Å². The zero-order valence-electron chi connectivity index (χ0n) is 6.49. The number of rotatable bonds is 5. The topological polar surface area (TPSA) is 0 Å². The van der Waals surface area contributed by atoms with Crippen molar-refractivity contribution in [3.8, 4) is 0 Å². The highest BCUT2D eigenvalue weighted by Gasteiger charge is 1.95. The monoisotopic (exact) mass is 132 g/mol. The lowest BCUT2D eigenvalue weighted by atomic mass is 10.1. The van der Waals surface area contributed by atoms with Crippen molar-refractivity contribution in [2.24, 2.45) is 0 Å². The number of hydrogen-bond donors (Lipinski definition) is 0. The van der Waals surface area contributed by atoms with Gasteiger partial charge in [-0.3, -0.25) is 0 Å². The van der Waals surface area contributed by atoms with E-state index in [1.807, 2.05) is 0 Å². The van der Waals surface area contributed by atoms with Crippen LogP contribution < -0.4 is 0 Å². The van der Waals surface area contributed by atoms with Crippen molar-refractivity contribution >= 4 is 0 Å². The molecule has 0 N–H and O–H groups in total. The molecular weight excluding hydrogens is 115 g/mol. The first kappa shape index (κ1) is 8.93. The van der Waals surface area contributed by atoms with E-state index in [1.54, 1.807) is 6.92 Å². The van der Waals surface area contributed by atoms with Crippen LogP contribution in [0.25, 0.3) is 0 Å². The van der Waals surface area contributed by atoms with Gasteiger partial charge in [0.05, 0.1) is 6.17 Å². The predicted octanol–water partition coefficient (Wildman–Crippen LogP) is 3.31. The number of unbranched alkanes of at least 4 members (excludes halogenated alkanes) is 3. The van der Waals surface area contributed by atoms with Gasteiger partial charge in [-0.2, -0.15) is 0 Å². The van der Waals surface area contributed by atoms with Crippen molar-refractivity contribution in [3.63, 3.8) is 0 Å². The fourth-order valence-corrected chi connectivity index (χ4v) is 0.852. The van der Waals surface area contributed by atoms with Crippen molar-refractivity contribution in [1.29, 1.82) is 0 Å². The predicted molar refractivity (Wildman–Crippen MR) is 39.3 cm³/mol. The van der Waals surface area contributed by atoms with Crippen molar-refractivity contribution in [3.05, 3.63) is 0 Å². The third-order valence-corrected chi connectivity index (χ3v) is 1.46. The van der Waals surface area contributed by atoms with Gasteiger partial charge in [0.25, 0.3) is 0 Å². The first-order valence-corrected chi connectivity index (χ1v) is 3.91. The Morgan fingerprint density at radius 2 is 1.89 bits per heavy atom. The smallest absolute Gasteiger partial charge is 0.0973 e. The van der Waals surface area contributed by atoms with E-state index in [2.05, 4.69) is 6.92 Å². The summed E-state index contributed by atoms with van der Waals surface area (Å²) in [5.74, 6) is 0. The van der Waals surface area contributed by atoms with Crippen LogP contribution in [-0.2, 0) is 0 Å². The van der Waals surface area contributed by atoms with Gasteiger partial charge in [-0.05, 0) is 13.3 Å². The number of halogens is 1. The summed E-state index contributed by atoms with van der Waals surface area (Å²) >= 11 is 0. The molecule has 1 atom stereocenters. The van der Waals surface area contributed by atoms with Crippen LogP contribution in [0.4, 0.5) is 4.39 Å². The molecule has 0 aliphatic heterocycles. The van der Waals surface area contributed by atoms with Crippen LogP contribution in [0.2, 0.25) is 0 Å². The van der Waals surface area contributed by atoms with Crippen LogP contribution in [0.5, 0.6) is 0 Å². The highest BCUT2D eigenvalue weighted by molar-refractivity contribution is 4.47. The number of hydrogen-bond acceptors (Lipinski definition) is 0. The van der Waals surface area contributed by atoms with E-state index in [9.17, 15) is 4.39 Å². The van der Waals surface area contributed by atoms with E-state index in [-0.39, 0.29) is 0 Å². The van der Waals surface area contributed by atoms with Crippen LogP contribution in [-0.4, -0.2) is 6.17 Å². The van der Waals surface area contributed by atoms with Gasteiger partial charge in [0.15, 0.2) is 0 Å². The molecule has 0 fully saturated rings. The molecular formula is C8H17F. The lowest BCUT2D eigenvalue weighted by Gasteiger charge is -1.99. The summed E-state index contributed by atoms with van der Waals surface area (Å²) in [5, 5.41) is 0. The van der Waals surface area contributed by atoms with Crippen LogP contribution in [0.1, 0.15) is 46.0 Å². The fourth-order valence-electron chi connectivity index (χ4n) is 0.852. The van der Waals surface area contributed by atoms with Crippen LogP contribution in [0, 0.1) is 0 Å². The Morgan fingerprint density at radius 3 is 2.33 bits per heavy atom. The normalized spacial score (nSPS) is 13.7. The van der Waals surface area contributed by atoms with Gasteiger partial charge in [0.1, 0.15) is 0 Å². The van der Waals surface area contributed by atoms with Crippen molar-refractivity contribution in [2.75, 3.05) is 0 Å². The molecule has 1 heteroatoms. The van der Waals surface area contributed by atoms with Gasteiger partial charge in [0, 0.05) is 0 Å². The second-order valence-corrected chi connectivity index (χ2v) is 2.63. The minimum atomic E-state index is -0.596. The first-order valence-electron chi connectivity index (χ1n) is 3.91. The van der Waals surface area contributed by atoms with Crippen molar-refractivity contribution in [1.82, 2.24) is 0 Å². The van der Waals surface area contributed by atoms with Crippen LogP contribution in [0.15, 0.2) is 0 Å². The molecule has 0 spiro atoms. The van der Waals surface area contributed by atoms with Crippen molar-refractivity contribution < 1.29 is 4.39 Å². The summed E-state index contributed by atoms with van der Waals surface area (Å²) in [7, 11) is 0. The Morgan fingerprint density at radius 1 is 1.22 bits per heavy atom. The zero-order chi connectivity index (χ0) is 7.11. The summed E-state index contributed by atoms with van der Waals surface area (Å²) in [5.41, 5.74) is 0. The Kier molecular flexibility index (Phi) is 6.01. The highest BCUT2D eigenvalue weighted by Crippen LogP contribution is 2.06. The Balaban J connectivity index is 2.75. The van der Waals surface area contributed by atoms with Crippen LogP contribution >= 0.6 is 0 Å². The molecule has 0 aromatic carbocycles. The maximum atomic E-state index is 12.1. The van der Waals surface area contributed by atoms with E-state index in [4.69, 9.17) is 0 Å². The lowest BCUT2D eigenvalue weighted by Crippen LogP contribution is -1.90. The summed E-state index contributed by atoms with van der Waals surface area (Å²) in [6.07, 6.45) is 4.91. The first-order chi connectivity index (χ1) is 4.27. The molecule has 0 unspecified atom stereocenters. The molecule has 56 valence electrons. The molecule has 0 nitrogen and oxygen atoms in total. The number of alkyl halides is 1. The Labute approximate surface area is 57.5 Å². The molecule has 0 aliphatic carbocycles. The minimum Gasteiger partial charge on any atom is -0.248 e. The SMILES string of the molecule is CCCCCC[C@H](C)F. The molecule has 0 radical (unpaired) electrons. The zero-order valence-corrected chi connectivity index (χ0v) is 6.49. The Hall–Kier alpha value is -0.0700. The van der Waals surface area contributed by atoms with Crippen molar-refractivity contribution in [2.45, 2.75) is 52.1 Å². The maximum absolute atomic E-state index is 12.1. The molecule has 0 amide bonds. The van der Waals surface area contributed by atoms with E-state index >= 15 is 0 Å². The third kappa shape index (κ3) is 7.93. The summed E-state index contributed by atoms with van der Waals surface area (Å²) in [4.78, 5) is 0. The highest BCUT2D eigenvalue weighted by atomic mass is 19.1. The van der Waals surface area contributed by atoms with Gasteiger partial charge in [-0.1, -0.05) is 32.6 Å². The molecule has 0 saturated carbocycles. The van der Waals surface area contributed by atoms with Gasteiger partial charge in [0.2, 0.25) is 0 Å². The molecule has 0 aromatic rings. The largest absolute Gasteiger partial charge is 0.248 e. The quantitative estimate of drug-likeness (QED) is 0.503. The Bertz CT molecular complexity index is 50.5. The van der Waals surface area contributed by atoms with E-state index in [0.717, 1.165) is 12.8 Å².